The SMILES string of the molecule is O=C(N1CC(c2cc(F)ccc2F)=C[C@H]1CO)N(c1ccccc1)[C@@H]1CNC[C@@H]1F. The molecule has 5 nitrogen and oxygen atoms in total. The smallest absolute Gasteiger partial charge is 0.325 e. The van der Waals surface area contributed by atoms with Crippen LogP contribution in [-0.4, -0.2) is 60.5 Å². The highest BCUT2D eigenvalue weighted by molar-refractivity contribution is 5.95. The Labute approximate surface area is 172 Å². The number of anilines is 1. The number of hydrogen-bond acceptors (Lipinski definition) is 3. The number of aliphatic hydroxyl groups is 1. The lowest BCUT2D eigenvalue weighted by atomic mass is 10.1. The molecule has 2 aromatic carbocycles. The standard InChI is InChI=1S/C22H22F3N3O2/c23-15-6-7-19(24)18(9-15)14-8-17(13-29)27(12-14)22(30)28(16-4-2-1-3-5-16)21-11-26-10-20(21)25/h1-9,17,20-21,26,29H,10-13H2/t17-,20-,21+/m0/s1. The van der Waals surface area contributed by atoms with E-state index < -0.39 is 42.5 Å². The predicted molar refractivity (Wildman–Crippen MR) is 108 cm³/mol. The molecule has 2 aromatic rings. The highest BCUT2D eigenvalue weighted by Crippen LogP contribution is 2.31. The van der Waals surface area contributed by atoms with Crippen molar-refractivity contribution in [2.45, 2.75) is 18.3 Å². The molecule has 0 unspecified atom stereocenters. The Balaban J connectivity index is 1.66. The predicted octanol–water partition coefficient (Wildman–Crippen LogP) is 2.96. The van der Waals surface area contributed by atoms with Gasteiger partial charge in [0.05, 0.1) is 18.7 Å². The number of nitrogens with one attached hydrogen (secondary N) is 1. The summed E-state index contributed by atoms with van der Waals surface area (Å²) < 4.78 is 42.5. The van der Waals surface area contributed by atoms with E-state index in [0.717, 1.165) is 18.2 Å². The van der Waals surface area contributed by atoms with Crippen molar-refractivity contribution in [2.75, 3.05) is 31.1 Å². The topological polar surface area (TPSA) is 55.8 Å². The van der Waals surface area contributed by atoms with Crippen LogP contribution in [0.3, 0.4) is 0 Å². The summed E-state index contributed by atoms with van der Waals surface area (Å²) in [7, 11) is 0. The Morgan fingerprint density at radius 1 is 1.17 bits per heavy atom. The first kappa shape index (κ1) is 20.4. The van der Waals surface area contributed by atoms with E-state index in [1.54, 1.807) is 36.4 Å². The number of carbonyl (C=O) groups excluding carboxylic acids is 1. The van der Waals surface area contributed by atoms with Crippen LogP contribution < -0.4 is 10.2 Å². The molecule has 2 N–H and O–H groups in total. The first-order valence-electron chi connectivity index (χ1n) is 9.76. The second-order valence-electron chi connectivity index (χ2n) is 7.42. The number of hydrogen-bond donors (Lipinski definition) is 2. The van der Waals surface area contributed by atoms with Crippen LogP contribution in [0.25, 0.3) is 5.57 Å². The van der Waals surface area contributed by atoms with Crippen LogP contribution in [0.1, 0.15) is 5.56 Å². The minimum atomic E-state index is -1.25. The molecule has 2 amide bonds. The Morgan fingerprint density at radius 3 is 2.60 bits per heavy atom. The summed E-state index contributed by atoms with van der Waals surface area (Å²) in [4.78, 5) is 16.3. The first-order chi connectivity index (χ1) is 14.5. The van der Waals surface area contributed by atoms with E-state index in [-0.39, 0.29) is 25.2 Å². The van der Waals surface area contributed by atoms with E-state index in [1.165, 1.54) is 9.80 Å². The fourth-order valence-corrected chi connectivity index (χ4v) is 4.01. The number of benzene rings is 2. The van der Waals surface area contributed by atoms with Gasteiger partial charge in [-0.2, -0.15) is 0 Å². The maximum absolute atomic E-state index is 14.6. The van der Waals surface area contributed by atoms with E-state index in [1.807, 2.05) is 0 Å². The number of halogens is 3. The summed E-state index contributed by atoms with van der Waals surface area (Å²) in [5.41, 5.74) is 0.968. The van der Waals surface area contributed by atoms with E-state index in [2.05, 4.69) is 5.32 Å². The fourth-order valence-electron chi connectivity index (χ4n) is 4.01. The molecule has 158 valence electrons. The number of carbonyl (C=O) groups is 1. The van der Waals surface area contributed by atoms with E-state index >= 15 is 0 Å². The molecule has 0 saturated carbocycles. The Kier molecular flexibility index (Phi) is 5.78. The van der Waals surface area contributed by atoms with Crippen LogP contribution in [0.4, 0.5) is 23.7 Å². The van der Waals surface area contributed by atoms with Crippen LogP contribution in [-0.2, 0) is 0 Å². The van der Waals surface area contributed by atoms with Crippen molar-refractivity contribution in [3.05, 3.63) is 71.8 Å². The Hall–Kier alpha value is -2.84. The summed E-state index contributed by atoms with van der Waals surface area (Å²) >= 11 is 0. The minimum absolute atomic E-state index is 0.0229. The minimum Gasteiger partial charge on any atom is -0.394 e. The van der Waals surface area contributed by atoms with Crippen molar-refractivity contribution < 1.29 is 23.1 Å². The molecule has 0 aliphatic carbocycles. The molecule has 4 rings (SSSR count). The fraction of sp³-hybridized carbons (Fsp3) is 0.318. The van der Waals surface area contributed by atoms with Gasteiger partial charge in [-0.1, -0.05) is 24.3 Å². The van der Waals surface area contributed by atoms with Crippen molar-refractivity contribution in [1.29, 1.82) is 0 Å². The van der Waals surface area contributed by atoms with Crippen molar-refractivity contribution >= 4 is 17.3 Å². The lowest BCUT2D eigenvalue weighted by Gasteiger charge is -2.35. The molecule has 0 bridgehead atoms. The number of alkyl halides is 1. The molecule has 0 radical (unpaired) electrons. The number of para-hydroxylation sites is 1. The van der Waals surface area contributed by atoms with Gasteiger partial charge < -0.3 is 15.3 Å². The van der Waals surface area contributed by atoms with E-state index in [9.17, 15) is 23.1 Å². The van der Waals surface area contributed by atoms with Gasteiger partial charge in [-0.25, -0.2) is 18.0 Å². The van der Waals surface area contributed by atoms with Gasteiger partial charge in [-0.15, -0.1) is 0 Å². The summed E-state index contributed by atoms with van der Waals surface area (Å²) in [6.07, 6.45) is 0.302. The third-order valence-electron chi connectivity index (χ3n) is 5.52. The quantitative estimate of drug-likeness (QED) is 0.804. The summed E-state index contributed by atoms with van der Waals surface area (Å²) in [6, 6.07) is 9.91. The molecule has 1 saturated heterocycles. The molecular formula is C22H22F3N3O2. The molecular weight excluding hydrogens is 395 g/mol. The monoisotopic (exact) mass is 417 g/mol. The number of nitrogens with zero attached hydrogens (tertiary/aromatic N) is 2. The Morgan fingerprint density at radius 2 is 1.93 bits per heavy atom. The molecule has 2 aliphatic heterocycles. The van der Waals surface area contributed by atoms with Crippen molar-refractivity contribution in [3.8, 4) is 0 Å². The van der Waals surface area contributed by atoms with Gasteiger partial charge in [0.15, 0.2) is 0 Å². The average Bonchev–Trinajstić information content (AvgIpc) is 3.37. The van der Waals surface area contributed by atoms with Gasteiger partial charge in [0.2, 0.25) is 0 Å². The molecule has 2 heterocycles. The lowest BCUT2D eigenvalue weighted by Crippen LogP contribution is -2.54. The zero-order valence-electron chi connectivity index (χ0n) is 16.1. The molecule has 0 aromatic heterocycles. The maximum atomic E-state index is 14.6. The van der Waals surface area contributed by atoms with Gasteiger partial charge in [0, 0.05) is 30.9 Å². The highest BCUT2D eigenvalue weighted by Gasteiger charge is 2.40. The summed E-state index contributed by atoms with van der Waals surface area (Å²) in [5.74, 6) is -1.21. The van der Waals surface area contributed by atoms with Crippen LogP contribution in [0.2, 0.25) is 0 Å². The molecule has 8 heteroatoms. The highest BCUT2D eigenvalue weighted by atomic mass is 19.1. The first-order valence-corrected chi connectivity index (χ1v) is 9.76. The normalized spacial score (nSPS) is 23.5. The number of urea groups is 1. The molecule has 2 aliphatic rings. The van der Waals surface area contributed by atoms with Crippen LogP contribution in [0, 0.1) is 11.6 Å². The van der Waals surface area contributed by atoms with Gasteiger partial charge in [0.1, 0.15) is 17.8 Å². The summed E-state index contributed by atoms with van der Waals surface area (Å²) in [6.45, 7) is 0.0165. The van der Waals surface area contributed by atoms with Crippen LogP contribution in [0.5, 0.6) is 0 Å². The van der Waals surface area contributed by atoms with E-state index in [4.69, 9.17) is 0 Å². The van der Waals surface area contributed by atoms with Gasteiger partial charge in [0.25, 0.3) is 0 Å². The number of amides is 2. The third-order valence-corrected chi connectivity index (χ3v) is 5.52. The lowest BCUT2D eigenvalue weighted by molar-refractivity contribution is 0.168. The zero-order chi connectivity index (χ0) is 21.3. The van der Waals surface area contributed by atoms with Crippen LogP contribution >= 0.6 is 0 Å². The maximum Gasteiger partial charge on any atom is 0.325 e. The summed E-state index contributed by atoms with van der Waals surface area (Å²) in [5, 5.41) is 12.8. The molecule has 30 heavy (non-hydrogen) atoms. The van der Waals surface area contributed by atoms with Crippen molar-refractivity contribution in [1.82, 2.24) is 10.2 Å². The van der Waals surface area contributed by atoms with E-state index in [0.29, 0.717) is 11.3 Å². The molecule has 0 spiro atoms. The number of aliphatic hydroxyl groups excluding tert-OH is 1. The van der Waals surface area contributed by atoms with Crippen LogP contribution in [0.15, 0.2) is 54.6 Å². The molecule has 1 fully saturated rings. The largest absolute Gasteiger partial charge is 0.394 e. The zero-order valence-corrected chi connectivity index (χ0v) is 16.1. The average molecular weight is 417 g/mol. The van der Waals surface area contributed by atoms with Crippen molar-refractivity contribution in [2.24, 2.45) is 0 Å². The molecule has 3 atom stereocenters. The number of rotatable bonds is 4. The van der Waals surface area contributed by atoms with Gasteiger partial charge >= 0.3 is 6.03 Å². The Bertz CT molecular complexity index is 954. The third kappa shape index (κ3) is 3.80. The second kappa shape index (κ2) is 8.49. The van der Waals surface area contributed by atoms with Gasteiger partial charge in [-0.05, 0) is 35.9 Å². The van der Waals surface area contributed by atoms with Crippen molar-refractivity contribution in [3.63, 3.8) is 0 Å². The van der Waals surface area contributed by atoms with Gasteiger partial charge in [-0.3, -0.25) is 4.90 Å². The second-order valence-corrected chi connectivity index (χ2v) is 7.42.